The summed E-state index contributed by atoms with van der Waals surface area (Å²) in [6.07, 6.45) is 4.89. The number of hydrogen-bond donors (Lipinski definition) is 2. The quantitative estimate of drug-likeness (QED) is 0.817. The number of carbonyl (C=O) groups excluding carboxylic acids is 2. The standard InChI is InChI=1S/C21H26FN3O2/c1-15-18(10-11-23-15)21(27)25-12-4-5-16(14-25)8-9-20(26)24-13-17-6-2-3-7-19(17)22/h2-3,6-7,10-11,16,23H,4-5,8-9,12-14H2,1H3,(H,24,26)/t16-/m0/s1. The summed E-state index contributed by atoms with van der Waals surface area (Å²) >= 11 is 0. The van der Waals surface area contributed by atoms with Crippen molar-refractivity contribution in [2.45, 2.75) is 39.2 Å². The van der Waals surface area contributed by atoms with Crippen molar-refractivity contribution in [2.24, 2.45) is 5.92 Å². The van der Waals surface area contributed by atoms with Crippen LogP contribution in [0.5, 0.6) is 0 Å². The number of aromatic amines is 1. The van der Waals surface area contributed by atoms with Gasteiger partial charge in [-0.15, -0.1) is 0 Å². The van der Waals surface area contributed by atoms with E-state index in [9.17, 15) is 14.0 Å². The van der Waals surface area contributed by atoms with E-state index in [2.05, 4.69) is 10.3 Å². The SMILES string of the molecule is Cc1[nH]ccc1C(=O)N1CCC[C@@H](CCC(=O)NCc2ccccc2F)C1. The third kappa shape index (κ3) is 4.96. The molecule has 1 atom stereocenters. The highest BCUT2D eigenvalue weighted by atomic mass is 19.1. The fraction of sp³-hybridized carbons (Fsp3) is 0.429. The van der Waals surface area contributed by atoms with Crippen molar-refractivity contribution in [3.05, 3.63) is 59.2 Å². The molecular formula is C21H26FN3O2. The molecule has 0 saturated carbocycles. The van der Waals surface area contributed by atoms with Crippen LogP contribution in [0.2, 0.25) is 0 Å². The number of amides is 2. The maximum absolute atomic E-state index is 13.6. The molecule has 1 saturated heterocycles. The highest BCUT2D eigenvalue weighted by Crippen LogP contribution is 2.23. The number of aromatic nitrogens is 1. The fourth-order valence-corrected chi connectivity index (χ4v) is 3.60. The number of aryl methyl sites for hydroxylation is 1. The van der Waals surface area contributed by atoms with Crippen molar-refractivity contribution in [3.63, 3.8) is 0 Å². The molecule has 144 valence electrons. The molecule has 2 aromatic rings. The molecule has 1 aromatic heterocycles. The molecule has 2 heterocycles. The summed E-state index contributed by atoms with van der Waals surface area (Å²) in [6.45, 7) is 3.55. The zero-order valence-electron chi connectivity index (χ0n) is 15.6. The number of halogens is 1. The maximum Gasteiger partial charge on any atom is 0.255 e. The van der Waals surface area contributed by atoms with Crippen molar-refractivity contribution in [2.75, 3.05) is 13.1 Å². The van der Waals surface area contributed by atoms with Gasteiger partial charge in [-0.25, -0.2) is 4.39 Å². The van der Waals surface area contributed by atoms with Crippen LogP contribution in [-0.4, -0.2) is 34.8 Å². The summed E-state index contributed by atoms with van der Waals surface area (Å²) in [5.41, 5.74) is 2.09. The Hall–Kier alpha value is -2.63. The summed E-state index contributed by atoms with van der Waals surface area (Å²) in [5, 5.41) is 2.78. The number of rotatable bonds is 6. The van der Waals surface area contributed by atoms with E-state index in [0.717, 1.165) is 37.1 Å². The number of nitrogens with one attached hydrogen (secondary N) is 2. The summed E-state index contributed by atoms with van der Waals surface area (Å²) in [7, 11) is 0. The molecule has 0 radical (unpaired) electrons. The van der Waals surface area contributed by atoms with Crippen molar-refractivity contribution in [1.29, 1.82) is 0 Å². The van der Waals surface area contributed by atoms with E-state index in [1.165, 1.54) is 6.07 Å². The molecule has 1 fully saturated rings. The van der Waals surface area contributed by atoms with Gasteiger partial charge in [0.15, 0.2) is 0 Å². The third-order valence-corrected chi connectivity index (χ3v) is 5.20. The van der Waals surface area contributed by atoms with Crippen LogP contribution < -0.4 is 5.32 Å². The first kappa shape index (κ1) is 19.1. The lowest BCUT2D eigenvalue weighted by atomic mass is 9.93. The average Bonchev–Trinajstić information content (AvgIpc) is 3.11. The van der Waals surface area contributed by atoms with Crippen LogP contribution in [0.25, 0.3) is 0 Å². The normalized spacial score (nSPS) is 17.0. The highest BCUT2D eigenvalue weighted by Gasteiger charge is 2.25. The zero-order valence-corrected chi connectivity index (χ0v) is 15.6. The molecule has 0 bridgehead atoms. The first-order chi connectivity index (χ1) is 13.0. The summed E-state index contributed by atoms with van der Waals surface area (Å²) in [4.78, 5) is 29.7. The van der Waals surface area contributed by atoms with Gasteiger partial charge in [-0.1, -0.05) is 18.2 Å². The summed E-state index contributed by atoms with van der Waals surface area (Å²) in [5.74, 6) is -0.00826. The lowest BCUT2D eigenvalue weighted by Crippen LogP contribution is -2.40. The Bertz CT molecular complexity index is 802. The Balaban J connectivity index is 1.45. The molecule has 6 heteroatoms. The first-order valence-electron chi connectivity index (χ1n) is 9.48. The number of carbonyl (C=O) groups is 2. The minimum absolute atomic E-state index is 0.0578. The van der Waals surface area contributed by atoms with Gasteiger partial charge in [0, 0.05) is 43.5 Å². The van der Waals surface area contributed by atoms with E-state index in [0.29, 0.717) is 24.4 Å². The Labute approximate surface area is 159 Å². The van der Waals surface area contributed by atoms with E-state index in [4.69, 9.17) is 0 Å². The molecule has 5 nitrogen and oxygen atoms in total. The maximum atomic E-state index is 13.6. The summed E-state index contributed by atoms with van der Waals surface area (Å²) < 4.78 is 13.6. The Kier molecular flexibility index (Phi) is 6.27. The highest BCUT2D eigenvalue weighted by molar-refractivity contribution is 5.95. The third-order valence-electron chi connectivity index (χ3n) is 5.20. The second kappa shape index (κ2) is 8.84. The molecule has 1 aromatic carbocycles. The van der Waals surface area contributed by atoms with Gasteiger partial charge in [0.2, 0.25) is 5.91 Å². The largest absolute Gasteiger partial charge is 0.365 e. The average molecular weight is 371 g/mol. The molecule has 2 N–H and O–H groups in total. The molecule has 27 heavy (non-hydrogen) atoms. The van der Waals surface area contributed by atoms with Crippen LogP contribution >= 0.6 is 0 Å². The van der Waals surface area contributed by atoms with Crippen LogP contribution in [0.15, 0.2) is 36.5 Å². The van der Waals surface area contributed by atoms with Crippen molar-refractivity contribution in [3.8, 4) is 0 Å². The monoisotopic (exact) mass is 371 g/mol. The van der Waals surface area contributed by atoms with Crippen molar-refractivity contribution in [1.82, 2.24) is 15.2 Å². The predicted molar refractivity (Wildman–Crippen MR) is 102 cm³/mol. The van der Waals surface area contributed by atoms with Gasteiger partial charge >= 0.3 is 0 Å². The second-order valence-electron chi connectivity index (χ2n) is 7.18. The topological polar surface area (TPSA) is 65.2 Å². The van der Waals surface area contributed by atoms with Gasteiger partial charge in [0.1, 0.15) is 5.82 Å². The van der Waals surface area contributed by atoms with Gasteiger partial charge < -0.3 is 15.2 Å². The number of benzene rings is 1. The number of likely N-dealkylation sites (tertiary alicyclic amines) is 1. The van der Waals surface area contributed by atoms with E-state index < -0.39 is 0 Å². The van der Waals surface area contributed by atoms with Crippen molar-refractivity contribution < 1.29 is 14.0 Å². The van der Waals surface area contributed by atoms with Crippen LogP contribution in [0, 0.1) is 18.7 Å². The number of H-pyrrole nitrogens is 1. The van der Waals surface area contributed by atoms with Gasteiger partial charge in [-0.05, 0) is 44.2 Å². The van der Waals surface area contributed by atoms with Crippen LogP contribution in [-0.2, 0) is 11.3 Å². The Morgan fingerprint density at radius 2 is 2.11 bits per heavy atom. The molecule has 3 rings (SSSR count). The molecule has 0 unspecified atom stereocenters. The molecule has 1 aliphatic heterocycles. The van der Waals surface area contributed by atoms with E-state index in [1.807, 2.05) is 17.9 Å². The lowest BCUT2D eigenvalue weighted by Gasteiger charge is -2.32. The number of nitrogens with zero attached hydrogens (tertiary/aromatic N) is 1. The zero-order chi connectivity index (χ0) is 19.2. The second-order valence-corrected chi connectivity index (χ2v) is 7.18. The van der Waals surface area contributed by atoms with E-state index in [1.54, 1.807) is 24.4 Å². The van der Waals surface area contributed by atoms with Gasteiger partial charge in [-0.2, -0.15) is 0 Å². The first-order valence-corrected chi connectivity index (χ1v) is 9.48. The van der Waals surface area contributed by atoms with Crippen molar-refractivity contribution >= 4 is 11.8 Å². The molecule has 0 spiro atoms. The van der Waals surface area contributed by atoms with Gasteiger partial charge in [0.25, 0.3) is 5.91 Å². The number of piperidine rings is 1. The van der Waals surface area contributed by atoms with Crippen LogP contribution in [0.4, 0.5) is 4.39 Å². The molecule has 2 amide bonds. The summed E-state index contributed by atoms with van der Waals surface area (Å²) in [6, 6.07) is 8.26. The van der Waals surface area contributed by atoms with E-state index in [-0.39, 0.29) is 24.2 Å². The Morgan fingerprint density at radius 3 is 2.85 bits per heavy atom. The fourth-order valence-electron chi connectivity index (χ4n) is 3.60. The van der Waals surface area contributed by atoms with E-state index >= 15 is 0 Å². The van der Waals surface area contributed by atoms with Gasteiger partial charge in [-0.3, -0.25) is 9.59 Å². The Morgan fingerprint density at radius 1 is 1.30 bits per heavy atom. The van der Waals surface area contributed by atoms with Crippen LogP contribution in [0.3, 0.4) is 0 Å². The molecular weight excluding hydrogens is 345 g/mol. The predicted octanol–water partition coefficient (Wildman–Crippen LogP) is 3.41. The van der Waals surface area contributed by atoms with Gasteiger partial charge in [0.05, 0.1) is 5.56 Å². The number of hydrogen-bond acceptors (Lipinski definition) is 2. The molecule has 1 aliphatic rings. The smallest absolute Gasteiger partial charge is 0.255 e. The lowest BCUT2D eigenvalue weighted by molar-refractivity contribution is -0.121. The molecule has 0 aliphatic carbocycles. The minimum atomic E-state index is -0.306. The minimum Gasteiger partial charge on any atom is -0.365 e. The van der Waals surface area contributed by atoms with Crippen LogP contribution in [0.1, 0.15) is 47.3 Å².